The van der Waals surface area contributed by atoms with Gasteiger partial charge in [0.2, 0.25) is 0 Å². The van der Waals surface area contributed by atoms with E-state index in [4.69, 9.17) is 11.6 Å². The molecule has 0 heterocycles. The van der Waals surface area contributed by atoms with Gasteiger partial charge in [-0.1, -0.05) is 31.5 Å². The minimum absolute atomic E-state index is 0.0367. The van der Waals surface area contributed by atoms with Crippen LogP contribution in [0.5, 0.6) is 0 Å². The minimum atomic E-state index is -4.38. The number of para-hydroxylation sites is 1. The normalized spacial score (nSPS) is 11.9. The molecule has 0 spiro atoms. The third-order valence-electron chi connectivity index (χ3n) is 2.01. The van der Waals surface area contributed by atoms with E-state index >= 15 is 0 Å². The van der Waals surface area contributed by atoms with Gasteiger partial charge in [-0.3, -0.25) is 0 Å². The molecule has 0 unspecified atom stereocenters. The summed E-state index contributed by atoms with van der Waals surface area (Å²) in [5.74, 6) is 0.248. The fraction of sp³-hybridized carbons (Fsp3) is 0.455. The van der Waals surface area contributed by atoms with Gasteiger partial charge in [0.15, 0.2) is 0 Å². The first-order valence-corrected chi connectivity index (χ1v) is 5.29. The molecule has 1 aromatic rings. The van der Waals surface area contributed by atoms with Gasteiger partial charge in [-0.15, -0.1) is 0 Å². The first kappa shape index (κ1) is 13.2. The smallest absolute Gasteiger partial charge is 0.383 e. The highest BCUT2D eigenvalue weighted by molar-refractivity contribution is 6.33. The summed E-state index contributed by atoms with van der Waals surface area (Å²) in [6, 6.07) is 3.76. The third kappa shape index (κ3) is 3.30. The lowest BCUT2D eigenvalue weighted by Gasteiger charge is -2.16. The van der Waals surface area contributed by atoms with Crippen LogP contribution in [0.2, 0.25) is 5.02 Å². The molecule has 5 heteroatoms. The summed E-state index contributed by atoms with van der Waals surface area (Å²) in [7, 11) is 0. The molecule has 0 fully saturated rings. The predicted octanol–water partition coefficient (Wildman–Crippen LogP) is 4.43. The van der Waals surface area contributed by atoms with E-state index in [1.807, 2.05) is 13.8 Å². The standard InChI is InChI=1S/C11H13ClF3N/c1-7(2)6-16-10-8(11(13,14)15)4-3-5-9(10)12/h3-5,7,16H,6H2,1-2H3. The lowest BCUT2D eigenvalue weighted by molar-refractivity contribution is -0.136. The maximum absolute atomic E-state index is 12.7. The zero-order valence-electron chi connectivity index (χ0n) is 9.03. The average Bonchev–Trinajstić information content (AvgIpc) is 2.13. The fourth-order valence-electron chi connectivity index (χ4n) is 1.25. The van der Waals surface area contributed by atoms with E-state index in [9.17, 15) is 13.2 Å². The van der Waals surface area contributed by atoms with E-state index in [0.29, 0.717) is 6.54 Å². The highest BCUT2D eigenvalue weighted by Crippen LogP contribution is 2.38. The van der Waals surface area contributed by atoms with E-state index < -0.39 is 11.7 Å². The van der Waals surface area contributed by atoms with Crippen molar-refractivity contribution in [2.45, 2.75) is 20.0 Å². The zero-order chi connectivity index (χ0) is 12.3. The molecule has 0 bridgehead atoms. The van der Waals surface area contributed by atoms with Crippen LogP contribution in [0.3, 0.4) is 0 Å². The molecule has 0 aromatic heterocycles. The molecule has 0 aliphatic rings. The molecule has 0 amide bonds. The van der Waals surface area contributed by atoms with Gasteiger partial charge in [-0.25, -0.2) is 0 Å². The van der Waals surface area contributed by atoms with Gasteiger partial charge < -0.3 is 5.32 Å². The summed E-state index contributed by atoms with van der Waals surface area (Å²) in [6.45, 7) is 4.28. The number of benzene rings is 1. The van der Waals surface area contributed by atoms with Crippen LogP contribution in [-0.4, -0.2) is 6.54 Å². The van der Waals surface area contributed by atoms with Gasteiger partial charge in [0.05, 0.1) is 16.3 Å². The van der Waals surface area contributed by atoms with Gasteiger partial charge >= 0.3 is 6.18 Å². The predicted molar refractivity (Wildman–Crippen MR) is 59.8 cm³/mol. The molecule has 0 atom stereocenters. The van der Waals surface area contributed by atoms with Crippen molar-refractivity contribution in [1.29, 1.82) is 0 Å². The summed E-state index contributed by atoms with van der Waals surface area (Å²) >= 11 is 5.76. The van der Waals surface area contributed by atoms with Crippen molar-refractivity contribution in [2.75, 3.05) is 11.9 Å². The van der Waals surface area contributed by atoms with Crippen LogP contribution in [0.1, 0.15) is 19.4 Å². The Hall–Kier alpha value is -0.900. The van der Waals surface area contributed by atoms with Gasteiger partial charge in [-0.05, 0) is 18.1 Å². The van der Waals surface area contributed by atoms with Gasteiger partial charge in [0.1, 0.15) is 0 Å². The molecular formula is C11H13ClF3N. The second kappa shape index (κ2) is 4.95. The molecule has 1 rings (SSSR count). The maximum Gasteiger partial charge on any atom is 0.418 e. The summed E-state index contributed by atoms with van der Waals surface area (Å²) in [6.07, 6.45) is -4.38. The molecular weight excluding hydrogens is 239 g/mol. The molecule has 0 saturated heterocycles. The monoisotopic (exact) mass is 251 g/mol. The second-order valence-electron chi connectivity index (χ2n) is 3.93. The van der Waals surface area contributed by atoms with Crippen LogP contribution in [-0.2, 0) is 6.18 Å². The van der Waals surface area contributed by atoms with E-state index in [-0.39, 0.29) is 16.6 Å². The first-order valence-electron chi connectivity index (χ1n) is 4.92. The number of rotatable bonds is 3. The minimum Gasteiger partial charge on any atom is -0.383 e. The Kier molecular flexibility index (Phi) is 4.08. The Balaban J connectivity index is 3.04. The van der Waals surface area contributed by atoms with E-state index in [2.05, 4.69) is 5.32 Å². The Bertz CT molecular complexity index is 361. The van der Waals surface area contributed by atoms with Crippen LogP contribution in [0.25, 0.3) is 0 Å². The van der Waals surface area contributed by atoms with Gasteiger partial charge in [0, 0.05) is 6.54 Å². The Morgan fingerprint density at radius 2 is 1.94 bits per heavy atom. The molecule has 16 heavy (non-hydrogen) atoms. The number of hydrogen-bond donors (Lipinski definition) is 1. The number of nitrogens with one attached hydrogen (secondary N) is 1. The molecule has 0 radical (unpaired) electrons. The lowest BCUT2D eigenvalue weighted by atomic mass is 10.1. The lowest BCUT2D eigenvalue weighted by Crippen LogP contribution is -2.14. The van der Waals surface area contributed by atoms with Crippen molar-refractivity contribution in [3.05, 3.63) is 28.8 Å². The number of anilines is 1. The Morgan fingerprint density at radius 3 is 2.44 bits per heavy atom. The summed E-state index contributed by atoms with van der Waals surface area (Å²) in [5, 5.41) is 2.83. The van der Waals surface area contributed by atoms with Crippen molar-refractivity contribution >= 4 is 17.3 Å². The number of halogens is 4. The van der Waals surface area contributed by atoms with E-state index in [1.165, 1.54) is 12.1 Å². The molecule has 1 nitrogen and oxygen atoms in total. The topological polar surface area (TPSA) is 12.0 Å². The molecule has 90 valence electrons. The highest BCUT2D eigenvalue weighted by atomic mass is 35.5. The SMILES string of the molecule is CC(C)CNc1c(Cl)cccc1C(F)(F)F. The molecule has 0 saturated carbocycles. The van der Waals surface area contributed by atoms with Crippen LogP contribution in [0, 0.1) is 5.92 Å². The Labute approximate surface area is 97.6 Å². The molecule has 1 N–H and O–H groups in total. The summed E-state index contributed by atoms with van der Waals surface area (Å²) in [4.78, 5) is 0. The van der Waals surface area contributed by atoms with Crippen molar-refractivity contribution in [3.63, 3.8) is 0 Å². The highest BCUT2D eigenvalue weighted by Gasteiger charge is 2.34. The number of hydrogen-bond acceptors (Lipinski definition) is 1. The van der Waals surface area contributed by atoms with Gasteiger partial charge in [-0.2, -0.15) is 13.2 Å². The van der Waals surface area contributed by atoms with Crippen molar-refractivity contribution in [3.8, 4) is 0 Å². The summed E-state index contributed by atoms with van der Waals surface area (Å²) < 4.78 is 38.0. The quantitative estimate of drug-likeness (QED) is 0.838. The van der Waals surface area contributed by atoms with Crippen molar-refractivity contribution < 1.29 is 13.2 Å². The first-order chi connectivity index (χ1) is 7.32. The maximum atomic E-state index is 12.7. The van der Waals surface area contributed by atoms with Crippen LogP contribution in [0.4, 0.5) is 18.9 Å². The fourth-order valence-corrected chi connectivity index (χ4v) is 1.49. The zero-order valence-corrected chi connectivity index (χ0v) is 9.78. The van der Waals surface area contributed by atoms with Crippen LogP contribution in [0.15, 0.2) is 18.2 Å². The van der Waals surface area contributed by atoms with Gasteiger partial charge in [0.25, 0.3) is 0 Å². The molecule has 0 aliphatic heterocycles. The molecule has 1 aromatic carbocycles. The molecule has 0 aliphatic carbocycles. The van der Waals surface area contributed by atoms with Crippen LogP contribution < -0.4 is 5.32 Å². The van der Waals surface area contributed by atoms with Crippen molar-refractivity contribution in [2.24, 2.45) is 5.92 Å². The largest absolute Gasteiger partial charge is 0.418 e. The number of alkyl halides is 3. The van der Waals surface area contributed by atoms with Crippen LogP contribution >= 0.6 is 11.6 Å². The second-order valence-corrected chi connectivity index (χ2v) is 4.34. The van der Waals surface area contributed by atoms with E-state index in [1.54, 1.807) is 0 Å². The third-order valence-corrected chi connectivity index (χ3v) is 2.32. The summed E-state index contributed by atoms with van der Waals surface area (Å²) in [5.41, 5.74) is -0.758. The van der Waals surface area contributed by atoms with E-state index in [0.717, 1.165) is 6.07 Å². The average molecular weight is 252 g/mol. The van der Waals surface area contributed by atoms with Crippen molar-refractivity contribution in [1.82, 2.24) is 0 Å². The Morgan fingerprint density at radius 1 is 1.31 bits per heavy atom.